The summed E-state index contributed by atoms with van der Waals surface area (Å²) in [5.74, 6) is 0.703. The number of carbonyl (C=O) groups is 1. The zero-order valence-electron chi connectivity index (χ0n) is 19.1. The van der Waals surface area contributed by atoms with Crippen LogP contribution in [0, 0.1) is 0 Å². The molecule has 1 aliphatic heterocycles. The van der Waals surface area contributed by atoms with E-state index in [0.717, 1.165) is 37.9 Å². The number of carbonyl (C=O) groups excluding carboxylic acids is 1. The van der Waals surface area contributed by atoms with Gasteiger partial charge in [-0.1, -0.05) is 41.4 Å². The maximum absolute atomic E-state index is 13.3. The SMILES string of the molecule is COc1ccccc1C(=O)c1nccn1CC(CCOC1CCCCO1)c1ccc(Cl)c(Cl)c1. The van der Waals surface area contributed by atoms with E-state index in [2.05, 4.69) is 4.98 Å². The standard InChI is InChI=1S/C26H28Cl2N2O4/c1-32-23-7-3-2-6-20(23)25(31)26-29-12-13-30(26)17-19(18-9-10-21(27)22(28)16-18)11-15-34-24-8-4-5-14-33-24/h2-3,6-7,9-10,12-13,16,19,24H,4-5,8,11,14-15,17H2,1H3. The predicted octanol–water partition coefficient (Wildman–Crippen LogP) is 6.15. The number of benzene rings is 2. The van der Waals surface area contributed by atoms with Gasteiger partial charge in [-0.05, 0) is 55.5 Å². The van der Waals surface area contributed by atoms with Crippen molar-refractivity contribution in [3.8, 4) is 5.75 Å². The van der Waals surface area contributed by atoms with Gasteiger partial charge in [-0.2, -0.15) is 0 Å². The highest BCUT2D eigenvalue weighted by molar-refractivity contribution is 6.42. The first kappa shape index (κ1) is 24.7. The van der Waals surface area contributed by atoms with Gasteiger partial charge in [0.2, 0.25) is 5.78 Å². The molecule has 0 N–H and O–H groups in total. The first-order chi connectivity index (χ1) is 16.6. The highest BCUT2D eigenvalue weighted by Crippen LogP contribution is 2.30. The van der Waals surface area contributed by atoms with Gasteiger partial charge in [0.1, 0.15) is 5.75 Å². The summed E-state index contributed by atoms with van der Waals surface area (Å²) in [6, 6.07) is 12.8. The molecule has 1 aliphatic rings. The zero-order valence-corrected chi connectivity index (χ0v) is 20.6. The Morgan fingerprint density at radius 1 is 1.21 bits per heavy atom. The number of methoxy groups -OCH3 is 1. The molecule has 0 radical (unpaired) electrons. The molecule has 8 heteroatoms. The van der Waals surface area contributed by atoms with Gasteiger partial charge in [-0.3, -0.25) is 4.79 Å². The van der Waals surface area contributed by atoms with Crippen molar-refractivity contribution >= 4 is 29.0 Å². The Bertz CT molecular complexity index is 1110. The summed E-state index contributed by atoms with van der Waals surface area (Å²) in [4.78, 5) is 17.7. The van der Waals surface area contributed by atoms with Gasteiger partial charge in [0.25, 0.3) is 0 Å². The van der Waals surface area contributed by atoms with Crippen molar-refractivity contribution in [2.24, 2.45) is 0 Å². The Morgan fingerprint density at radius 3 is 2.82 bits per heavy atom. The molecule has 0 bridgehead atoms. The molecule has 4 rings (SSSR count). The van der Waals surface area contributed by atoms with Gasteiger partial charge in [-0.25, -0.2) is 4.98 Å². The third kappa shape index (κ3) is 5.99. The maximum Gasteiger partial charge on any atom is 0.232 e. The molecule has 2 atom stereocenters. The average molecular weight is 503 g/mol. The molecule has 0 aliphatic carbocycles. The summed E-state index contributed by atoms with van der Waals surface area (Å²) < 4.78 is 18.9. The molecule has 1 saturated heterocycles. The molecule has 2 aromatic carbocycles. The largest absolute Gasteiger partial charge is 0.496 e. The minimum Gasteiger partial charge on any atom is -0.496 e. The lowest BCUT2D eigenvalue weighted by atomic mass is 9.95. The van der Waals surface area contributed by atoms with E-state index in [0.29, 0.717) is 40.3 Å². The molecule has 6 nitrogen and oxygen atoms in total. The van der Waals surface area contributed by atoms with Crippen molar-refractivity contribution in [2.75, 3.05) is 20.3 Å². The van der Waals surface area contributed by atoms with E-state index in [1.165, 1.54) is 0 Å². The van der Waals surface area contributed by atoms with Crippen molar-refractivity contribution in [3.05, 3.63) is 81.9 Å². The Kier molecular flexibility index (Phi) is 8.62. The Morgan fingerprint density at radius 2 is 2.06 bits per heavy atom. The molecular formula is C26H28Cl2N2O4. The highest BCUT2D eigenvalue weighted by Gasteiger charge is 2.22. The van der Waals surface area contributed by atoms with E-state index in [1.54, 1.807) is 31.5 Å². The number of nitrogens with zero attached hydrogens (tertiary/aromatic N) is 2. The summed E-state index contributed by atoms with van der Waals surface area (Å²) >= 11 is 12.5. The summed E-state index contributed by atoms with van der Waals surface area (Å²) in [7, 11) is 1.55. The third-order valence-corrected chi connectivity index (χ3v) is 6.75. The summed E-state index contributed by atoms with van der Waals surface area (Å²) in [5, 5.41) is 1.00. The quantitative estimate of drug-likeness (QED) is 0.311. The lowest BCUT2D eigenvalue weighted by Gasteiger charge is -2.25. The molecule has 2 heterocycles. The van der Waals surface area contributed by atoms with Crippen LogP contribution in [0.1, 0.15) is 53.3 Å². The first-order valence-corrected chi connectivity index (χ1v) is 12.2. The van der Waals surface area contributed by atoms with Crippen molar-refractivity contribution in [1.82, 2.24) is 9.55 Å². The van der Waals surface area contributed by atoms with Crippen molar-refractivity contribution in [1.29, 1.82) is 0 Å². The van der Waals surface area contributed by atoms with Crippen LogP contribution in [0.15, 0.2) is 54.9 Å². The topological polar surface area (TPSA) is 62.6 Å². The van der Waals surface area contributed by atoms with Crippen LogP contribution in [0.25, 0.3) is 0 Å². The number of halogens is 2. The predicted molar refractivity (Wildman–Crippen MR) is 132 cm³/mol. The molecule has 180 valence electrons. The van der Waals surface area contributed by atoms with Crippen molar-refractivity contribution in [2.45, 2.75) is 44.4 Å². The minimum atomic E-state index is -0.192. The third-order valence-electron chi connectivity index (χ3n) is 6.01. The minimum absolute atomic E-state index is 0.0248. The van der Waals surface area contributed by atoms with E-state index in [1.807, 2.05) is 35.0 Å². The highest BCUT2D eigenvalue weighted by atomic mass is 35.5. The van der Waals surface area contributed by atoms with Gasteiger partial charge >= 0.3 is 0 Å². The molecule has 1 fully saturated rings. The number of imidazole rings is 1. The number of hydrogen-bond donors (Lipinski definition) is 0. The fraction of sp³-hybridized carbons (Fsp3) is 0.385. The van der Waals surface area contributed by atoms with Crippen LogP contribution in [-0.4, -0.2) is 41.9 Å². The van der Waals surface area contributed by atoms with Crippen molar-refractivity contribution in [3.63, 3.8) is 0 Å². The lowest BCUT2D eigenvalue weighted by Crippen LogP contribution is -2.24. The first-order valence-electron chi connectivity index (χ1n) is 11.4. The second kappa shape index (κ2) is 11.8. The number of ether oxygens (including phenoxy) is 3. The maximum atomic E-state index is 13.3. The summed E-state index contributed by atoms with van der Waals surface area (Å²) in [6.07, 6.45) is 7.13. The van der Waals surface area contributed by atoms with E-state index in [4.69, 9.17) is 37.4 Å². The number of rotatable bonds is 10. The molecule has 2 unspecified atom stereocenters. The number of aromatic nitrogens is 2. The van der Waals surface area contributed by atoms with E-state index < -0.39 is 0 Å². The molecule has 34 heavy (non-hydrogen) atoms. The fourth-order valence-electron chi connectivity index (χ4n) is 4.17. The van der Waals surface area contributed by atoms with Gasteiger partial charge in [0.05, 0.1) is 29.3 Å². The normalized spacial score (nSPS) is 16.9. The Hall–Kier alpha value is -2.38. The van der Waals surface area contributed by atoms with Gasteiger partial charge in [0, 0.05) is 31.5 Å². The van der Waals surface area contributed by atoms with Crippen LogP contribution < -0.4 is 4.74 Å². The van der Waals surface area contributed by atoms with Crippen molar-refractivity contribution < 1.29 is 19.0 Å². The van der Waals surface area contributed by atoms with E-state index in [-0.39, 0.29) is 18.0 Å². The number of para-hydroxylation sites is 1. The van der Waals surface area contributed by atoms with Gasteiger partial charge < -0.3 is 18.8 Å². The lowest BCUT2D eigenvalue weighted by molar-refractivity contribution is -0.163. The second-order valence-corrected chi connectivity index (χ2v) is 9.07. The van der Waals surface area contributed by atoms with Crippen LogP contribution in [0.2, 0.25) is 10.0 Å². The fourth-order valence-corrected chi connectivity index (χ4v) is 4.48. The molecule has 0 amide bonds. The molecule has 0 saturated carbocycles. The second-order valence-electron chi connectivity index (χ2n) is 8.26. The molecule has 0 spiro atoms. The van der Waals surface area contributed by atoms with E-state index in [9.17, 15) is 4.79 Å². The van der Waals surface area contributed by atoms with Crippen LogP contribution >= 0.6 is 23.2 Å². The van der Waals surface area contributed by atoms with Crippen LogP contribution in [0.5, 0.6) is 5.75 Å². The number of ketones is 1. The monoisotopic (exact) mass is 502 g/mol. The average Bonchev–Trinajstić information content (AvgIpc) is 3.33. The zero-order chi connectivity index (χ0) is 23.9. The summed E-state index contributed by atoms with van der Waals surface area (Å²) in [5.41, 5.74) is 1.49. The smallest absolute Gasteiger partial charge is 0.232 e. The Balaban J connectivity index is 1.54. The van der Waals surface area contributed by atoms with Crippen LogP contribution in [0.3, 0.4) is 0 Å². The van der Waals surface area contributed by atoms with Gasteiger partial charge in [-0.15, -0.1) is 0 Å². The molecule has 3 aromatic rings. The van der Waals surface area contributed by atoms with Crippen LogP contribution in [-0.2, 0) is 16.0 Å². The number of hydrogen-bond acceptors (Lipinski definition) is 5. The molecule has 1 aromatic heterocycles. The van der Waals surface area contributed by atoms with Gasteiger partial charge in [0.15, 0.2) is 12.1 Å². The van der Waals surface area contributed by atoms with Crippen LogP contribution in [0.4, 0.5) is 0 Å². The summed E-state index contributed by atoms with van der Waals surface area (Å²) in [6.45, 7) is 1.80. The molecular weight excluding hydrogens is 475 g/mol. The Labute approximate surface area is 209 Å². The van der Waals surface area contributed by atoms with E-state index >= 15 is 0 Å².